The van der Waals surface area contributed by atoms with E-state index in [0.29, 0.717) is 6.42 Å². The first-order chi connectivity index (χ1) is 9.92. The lowest BCUT2D eigenvalue weighted by Crippen LogP contribution is -2.27. The third kappa shape index (κ3) is 3.47. The van der Waals surface area contributed by atoms with Crippen molar-refractivity contribution in [2.75, 3.05) is 6.54 Å². The van der Waals surface area contributed by atoms with E-state index in [9.17, 15) is 13.2 Å². The van der Waals surface area contributed by atoms with Crippen LogP contribution in [0.3, 0.4) is 0 Å². The van der Waals surface area contributed by atoms with Crippen LogP contribution in [0.1, 0.15) is 21.5 Å². The molecule has 2 rings (SSSR count). The molecule has 0 bridgehead atoms. The topological polar surface area (TPSA) is 112 Å². The van der Waals surface area contributed by atoms with Gasteiger partial charge >= 0.3 is 5.97 Å². The van der Waals surface area contributed by atoms with Crippen LogP contribution in [0.5, 0.6) is 0 Å². The quantitative estimate of drug-likeness (QED) is 0.735. The van der Waals surface area contributed by atoms with Crippen LogP contribution >= 0.6 is 0 Å². The lowest BCUT2D eigenvalue weighted by molar-refractivity contribution is 0.0692. The van der Waals surface area contributed by atoms with Crippen molar-refractivity contribution in [1.29, 1.82) is 0 Å². The molecule has 1 aromatic heterocycles. The number of nitrogens with zero attached hydrogens (tertiary/aromatic N) is 1. The summed E-state index contributed by atoms with van der Waals surface area (Å²) >= 11 is 0. The van der Waals surface area contributed by atoms with Gasteiger partial charge in [-0.2, -0.15) is 5.10 Å². The Kier molecular flexibility index (Phi) is 4.39. The number of nitrogens with one attached hydrogen (secondary N) is 2. The number of aromatic carboxylic acids is 1. The van der Waals surface area contributed by atoms with Crippen molar-refractivity contribution in [2.24, 2.45) is 0 Å². The van der Waals surface area contributed by atoms with Crippen molar-refractivity contribution in [1.82, 2.24) is 14.9 Å². The number of aryl methyl sites for hydroxylation is 1. The molecule has 0 amide bonds. The molecule has 1 heterocycles. The number of hydrogen-bond acceptors (Lipinski definition) is 4. The highest BCUT2D eigenvalue weighted by atomic mass is 32.2. The summed E-state index contributed by atoms with van der Waals surface area (Å²) in [5.74, 6) is -1.34. The maximum Gasteiger partial charge on any atom is 0.340 e. The van der Waals surface area contributed by atoms with E-state index in [-0.39, 0.29) is 12.1 Å². The first kappa shape index (κ1) is 15.2. The Labute approximate surface area is 122 Å². The van der Waals surface area contributed by atoms with E-state index in [1.165, 1.54) is 0 Å². The van der Waals surface area contributed by atoms with Gasteiger partial charge in [0.15, 0.2) is 5.03 Å². The van der Waals surface area contributed by atoms with E-state index in [1.54, 1.807) is 0 Å². The summed E-state index contributed by atoms with van der Waals surface area (Å²) in [4.78, 5) is 10.9. The van der Waals surface area contributed by atoms with Gasteiger partial charge in [-0.3, -0.25) is 5.10 Å². The van der Waals surface area contributed by atoms with Gasteiger partial charge in [0, 0.05) is 6.54 Å². The standard InChI is InChI=1S/C13H15N3O4S/c1-9-4-2-3-5-10(9)6-7-15-21(19,20)12-11(13(17)18)8-14-16-12/h2-5,8,15H,6-7H2,1H3,(H,14,16)(H,17,18). The van der Waals surface area contributed by atoms with Gasteiger partial charge in [-0.25, -0.2) is 17.9 Å². The number of aromatic amines is 1. The molecule has 8 heteroatoms. The minimum absolute atomic E-state index is 0.172. The summed E-state index contributed by atoms with van der Waals surface area (Å²) in [5, 5.41) is 14.1. The second kappa shape index (κ2) is 6.06. The third-order valence-electron chi connectivity index (χ3n) is 3.05. The molecule has 0 aliphatic heterocycles. The number of H-pyrrole nitrogens is 1. The molecule has 7 nitrogen and oxygen atoms in total. The molecular weight excluding hydrogens is 294 g/mol. The zero-order chi connectivity index (χ0) is 15.5. The molecule has 2 aromatic rings. The summed E-state index contributed by atoms with van der Waals surface area (Å²) in [6, 6.07) is 7.66. The number of aromatic nitrogens is 2. The monoisotopic (exact) mass is 309 g/mol. The molecule has 0 saturated carbocycles. The molecular formula is C13H15N3O4S. The number of carboxylic acid groups (broad SMARTS) is 1. The van der Waals surface area contributed by atoms with Crippen molar-refractivity contribution in [2.45, 2.75) is 18.4 Å². The molecule has 0 fully saturated rings. The zero-order valence-electron chi connectivity index (χ0n) is 11.3. The average Bonchev–Trinajstić information content (AvgIpc) is 2.91. The van der Waals surface area contributed by atoms with Gasteiger partial charge < -0.3 is 5.11 Å². The zero-order valence-corrected chi connectivity index (χ0v) is 12.1. The number of hydrogen-bond donors (Lipinski definition) is 3. The van der Waals surface area contributed by atoms with Crippen molar-refractivity contribution >= 4 is 16.0 Å². The summed E-state index contributed by atoms with van der Waals surface area (Å²) in [6.07, 6.45) is 1.49. The number of carboxylic acids is 1. The fourth-order valence-electron chi connectivity index (χ4n) is 1.91. The highest BCUT2D eigenvalue weighted by Crippen LogP contribution is 2.12. The summed E-state index contributed by atoms with van der Waals surface area (Å²) in [6.45, 7) is 2.12. The summed E-state index contributed by atoms with van der Waals surface area (Å²) < 4.78 is 26.5. The van der Waals surface area contributed by atoms with Gasteiger partial charge in [0.05, 0.1) is 6.20 Å². The van der Waals surface area contributed by atoms with Crippen molar-refractivity contribution < 1.29 is 18.3 Å². The van der Waals surface area contributed by atoms with Crippen LogP contribution in [-0.4, -0.2) is 36.2 Å². The molecule has 0 saturated heterocycles. The molecule has 0 aliphatic carbocycles. The van der Waals surface area contributed by atoms with Crippen LogP contribution in [0.25, 0.3) is 0 Å². The number of sulfonamides is 1. The maximum absolute atomic E-state index is 12.0. The highest BCUT2D eigenvalue weighted by Gasteiger charge is 2.24. The lowest BCUT2D eigenvalue weighted by Gasteiger charge is -2.07. The Hall–Kier alpha value is -2.19. The van der Waals surface area contributed by atoms with Gasteiger partial charge in [-0.15, -0.1) is 0 Å². The minimum atomic E-state index is -3.92. The smallest absolute Gasteiger partial charge is 0.340 e. The minimum Gasteiger partial charge on any atom is -0.478 e. The number of benzene rings is 1. The fraction of sp³-hybridized carbons (Fsp3) is 0.231. The van der Waals surface area contributed by atoms with Crippen LogP contribution in [-0.2, 0) is 16.4 Å². The maximum atomic E-state index is 12.0. The molecule has 0 spiro atoms. The molecule has 0 aliphatic rings. The first-order valence-electron chi connectivity index (χ1n) is 6.22. The van der Waals surface area contributed by atoms with Crippen molar-refractivity contribution in [3.8, 4) is 0 Å². The first-order valence-corrected chi connectivity index (χ1v) is 7.71. The molecule has 21 heavy (non-hydrogen) atoms. The normalized spacial score (nSPS) is 11.5. The van der Waals surface area contributed by atoms with E-state index in [4.69, 9.17) is 5.11 Å². The van der Waals surface area contributed by atoms with E-state index < -0.39 is 21.0 Å². The molecule has 0 atom stereocenters. The summed E-state index contributed by atoms with van der Waals surface area (Å²) in [5.41, 5.74) is 1.73. The molecule has 3 N–H and O–H groups in total. The number of carbonyl (C=O) groups is 1. The second-order valence-corrected chi connectivity index (χ2v) is 6.20. The second-order valence-electron chi connectivity index (χ2n) is 4.49. The Balaban J connectivity index is 2.07. The van der Waals surface area contributed by atoms with Gasteiger partial charge in [0.2, 0.25) is 0 Å². The number of rotatable bonds is 6. The molecule has 1 aromatic carbocycles. The molecule has 112 valence electrons. The Morgan fingerprint density at radius 1 is 1.38 bits per heavy atom. The van der Waals surface area contributed by atoms with E-state index in [2.05, 4.69) is 14.9 Å². The Morgan fingerprint density at radius 3 is 2.76 bits per heavy atom. The van der Waals surface area contributed by atoms with E-state index in [0.717, 1.165) is 17.3 Å². The van der Waals surface area contributed by atoms with Gasteiger partial charge in [-0.05, 0) is 24.5 Å². The Morgan fingerprint density at radius 2 is 2.10 bits per heavy atom. The van der Waals surface area contributed by atoms with Crippen molar-refractivity contribution in [3.63, 3.8) is 0 Å². The van der Waals surface area contributed by atoms with Crippen LogP contribution in [0.2, 0.25) is 0 Å². The third-order valence-corrected chi connectivity index (χ3v) is 4.48. The van der Waals surface area contributed by atoms with Crippen LogP contribution < -0.4 is 4.72 Å². The Bertz CT molecular complexity index is 752. The van der Waals surface area contributed by atoms with Crippen LogP contribution in [0.4, 0.5) is 0 Å². The summed E-state index contributed by atoms with van der Waals surface area (Å²) in [7, 11) is -3.92. The van der Waals surface area contributed by atoms with Gasteiger partial charge in [0.25, 0.3) is 10.0 Å². The predicted molar refractivity (Wildman–Crippen MR) is 75.6 cm³/mol. The molecule has 0 radical (unpaired) electrons. The lowest BCUT2D eigenvalue weighted by atomic mass is 10.1. The largest absolute Gasteiger partial charge is 0.478 e. The highest BCUT2D eigenvalue weighted by molar-refractivity contribution is 7.89. The van der Waals surface area contributed by atoms with Crippen LogP contribution in [0.15, 0.2) is 35.5 Å². The average molecular weight is 309 g/mol. The molecule has 0 unspecified atom stereocenters. The van der Waals surface area contributed by atoms with Crippen LogP contribution in [0, 0.1) is 6.92 Å². The van der Waals surface area contributed by atoms with E-state index in [1.807, 2.05) is 31.2 Å². The van der Waals surface area contributed by atoms with Crippen molar-refractivity contribution in [3.05, 3.63) is 47.2 Å². The van der Waals surface area contributed by atoms with Gasteiger partial charge in [0.1, 0.15) is 5.56 Å². The van der Waals surface area contributed by atoms with Gasteiger partial charge in [-0.1, -0.05) is 24.3 Å². The fourth-order valence-corrected chi connectivity index (χ4v) is 3.03. The SMILES string of the molecule is Cc1ccccc1CCNS(=O)(=O)c1[nH]ncc1C(=O)O. The predicted octanol–water partition coefficient (Wildman–Crippen LogP) is 0.937. The van der Waals surface area contributed by atoms with E-state index >= 15 is 0 Å².